The summed E-state index contributed by atoms with van der Waals surface area (Å²) in [6.45, 7) is 3.36. The molecule has 0 aliphatic carbocycles. The van der Waals surface area contributed by atoms with E-state index in [0.29, 0.717) is 25.6 Å². The lowest BCUT2D eigenvalue weighted by molar-refractivity contribution is 0.0526. The number of rotatable bonds is 3. The maximum atomic E-state index is 11.5. The number of hydrogen-bond acceptors (Lipinski definition) is 6. The molecule has 0 spiro atoms. The minimum absolute atomic E-state index is 0.167. The monoisotopic (exact) mass is 237 g/mol. The third kappa shape index (κ3) is 2.52. The molecule has 2 N–H and O–H groups in total. The standard InChI is InChI=1S/C11H15N3O3/c1-2-17-11(15)8-5-13-10(14-9(8)12)7-3-4-16-6-7/h5,7H,2-4,6H2,1H3,(H2,12,13,14). The highest BCUT2D eigenvalue weighted by Gasteiger charge is 2.22. The van der Waals surface area contributed by atoms with E-state index in [2.05, 4.69) is 9.97 Å². The van der Waals surface area contributed by atoms with E-state index in [9.17, 15) is 4.79 Å². The summed E-state index contributed by atoms with van der Waals surface area (Å²) in [6.07, 6.45) is 2.31. The first-order chi connectivity index (χ1) is 8.22. The first-order valence-electron chi connectivity index (χ1n) is 5.59. The van der Waals surface area contributed by atoms with Gasteiger partial charge in [0.2, 0.25) is 0 Å². The van der Waals surface area contributed by atoms with Crippen molar-refractivity contribution in [2.75, 3.05) is 25.6 Å². The summed E-state index contributed by atoms with van der Waals surface area (Å²) in [5, 5.41) is 0. The molecule has 0 bridgehead atoms. The van der Waals surface area contributed by atoms with E-state index in [-0.39, 0.29) is 17.3 Å². The molecule has 1 aliphatic heterocycles. The lowest BCUT2D eigenvalue weighted by Crippen LogP contribution is -2.13. The smallest absolute Gasteiger partial charge is 0.343 e. The molecule has 1 aliphatic rings. The van der Waals surface area contributed by atoms with Gasteiger partial charge in [0.25, 0.3) is 0 Å². The molecule has 92 valence electrons. The molecule has 6 nitrogen and oxygen atoms in total. The maximum Gasteiger partial charge on any atom is 0.343 e. The van der Waals surface area contributed by atoms with Gasteiger partial charge in [-0.2, -0.15) is 0 Å². The number of carbonyl (C=O) groups excluding carboxylic acids is 1. The largest absolute Gasteiger partial charge is 0.462 e. The number of hydrogen-bond donors (Lipinski definition) is 1. The number of anilines is 1. The number of nitrogen functional groups attached to an aromatic ring is 1. The van der Waals surface area contributed by atoms with E-state index in [0.717, 1.165) is 6.42 Å². The molecular formula is C11H15N3O3. The third-order valence-electron chi connectivity index (χ3n) is 2.63. The summed E-state index contributed by atoms with van der Waals surface area (Å²) in [6, 6.07) is 0. The molecule has 17 heavy (non-hydrogen) atoms. The summed E-state index contributed by atoms with van der Waals surface area (Å²) in [7, 11) is 0. The van der Waals surface area contributed by atoms with Crippen LogP contribution in [0, 0.1) is 0 Å². The van der Waals surface area contributed by atoms with Crippen LogP contribution in [-0.2, 0) is 9.47 Å². The van der Waals surface area contributed by atoms with Crippen molar-refractivity contribution < 1.29 is 14.3 Å². The Kier molecular flexibility index (Phi) is 3.53. The third-order valence-corrected chi connectivity index (χ3v) is 2.63. The van der Waals surface area contributed by atoms with E-state index in [1.807, 2.05) is 0 Å². The van der Waals surface area contributed by atoms with Gasteiger partial charge in [0.1, 0.15) is 17.2 Å². The Balaban J connectivity index is 2.19. The minimum atomic E-state index is -0.487. The molecule has 1 aromatic heterocycles. The molecule has 6 heteroatoms. The van der Waals surface area contributed by atoms with Crippen molar-refractivity contribution in [2.24, 2.45) is 0 Å². The van der Waals surface area contributed by atoms with Crippen LogP contribution in [0.3, 0.4) is 0 Å². The number of nitrogens with two attached hydrogens (primary N) is 1. The summed E-state index contributed by atoms with van der Waals surface area (Å²) in [5.74, 6) is 0.487. The summed E-state index contributed by atoms with van der Waals surface area (Å²) in [5.41, 5.74) is 5.94. The molecular weight excluding hydrogens is 222 g/mol. The van der Waals surface area contributed by atoms with Crippen molar-refractivity contribution in [2.45, 2.75) is 19.3 Å². The summed E-state index contributed by atoms with van der Waals surface area (Å²) >= 11 is 0. The van der Waals surface area contributed by atoms with Crippen LogP contribution in [0.25, 0.3) is 0 Å². The van der Waals surface area contributed by atoms with E-state index in [1.54, 1.807) is 6.92 Å². The highest BCUT2D eigenvalue weighted by atomic mass is 16.5. The molecule has 1 atom stereocenters. The molecule has 0 saturated carbocycles. The van der Waals surface area contributed by atoms with E-state index >= 15 is 0 Å². The second-order valence-electron chi connectivity index (χ2n) is 3.81. The first-order valence-corrected chi connectivity index (χ1v) is 5.59. The minimum Gasteiger partial charge on any atom is -0.462 e. The van der Waals surface area contributed by atoms with Crippen LogP contribution in [0.5, 0.6) is 0 Å². The summed E-state index contributed by atoms with van der Waals surface area (Å²) in [4.78, 5) is 19.8. The lowest BCUT2D eigenvalue weighted by atomic mass is 10.1. The van der Waals surface area contributed by atoms with Gasteiger partial charge in [0, 0.05) is 18.7 Å². The van der Waals surface area contributed by atoms with Gasteiger partial charge in [-0.25, -0.2) is 14.8 Å². The number of nitrogens with zero attached hydrogens (tertiary/aromatic N) is 2. The Labute approximate surface area is 99.1 Å². The normalized spacial score (nSPS) is 19.2. The first kappa shape index (κ1) is 11.8. The van der Waals surface area contributed by atoms with Crippen molar-refractivity contribution in [3.8, 4) is 0 Å². The molecule has 2 rings (SSSR count). The van der Waals surface area contributed by atoms with Crippen molar-refractivity contribution >= 4 is 11.8 Å². The van der Waals surface area contributed by atoms with Crippen LogP contribution in [0.1, 0.15) is 35.4 Å². The average molecular weight is 237 g/mol. The second kappa shape index (κ2) is 5.09. The van der Waals surface area contributed by atoms with E-state index < -0.39 is 5.97 Å². The van der Waals surface area contributed by atoms with Gasteiger partial charge >= 0.3 is 5.97 Å². The van der Waals surface area contributed by atoms with Crippen LogP contribution in [0.2, 0.25) is 0 Å². The number of ether oxygens (including phenoxy) is 2. The highest BCUT2D eigenvalue weighted by Crippen LogP contribution is 2.23. The molecule has 1 unspecified atom stereocenters. The number of carbonyl (C=O) groups is 1. The quantitative estimate of drug-likeness (QED) is 0.780. The fraction of sp³-hybridized carbons (Fsp3) is 0.545. The van der Waals surface area contributed by atoms with Crippen LogP contribution in [0.4, 0.5) is 5.82 Å². The molecule has 1 saturated heterocycles. The Morgan fingerprint density at radius 2 is 2.53 bits per heavy atom. The molecule has 2 heterocycles. The predicted molar refractivity (Wildman–Crippen MR) is 60.6 cm³/mol. The van der Waals surface area contributed by atoms with Crippen LogP contribution in [0.15, 0.2) is 6.20 Å². The van der Waals surface area contributed by atoms with Crippen LogP contribution in [-0.4, -0.2) is 35.8 Å². The van der Waals surface area contributed by atoms with Gasteiger partial charge in [0.15, 0.2) is 0 Å². The molecule has 1 fully saturated rings. The van der Waals surface area contributed by atoms with Gasteiger partial charge in [-0.3, -0.25) is 0 Å². The average Bonchev–Trinajstić information content (AvgIpc) is 2.82. The highest BCUT2D eigenvalue weighted by molar-refractivity contribution is 5.93. The van der Waals surface area contributed by atoms with E-state index in [1.165, 1.54) is 6.20 Å². The molecule has 0 aromatic carbocycles. The van der Waals surface area contributed by atoms with Gasteiger partial charge < -0.3 is 15.2 Å². The topological polar surface area (TPSA) is 87.3 Å². The second-order valence-corrected chi connectivity index (χ2v) is 3.81. The SMILES string of the molecule is CCOC(=O)c1cnc(C2CCOC2)nc1N. The Morgan fingerprint density at radius 1 is 1.71 bits per heavy atom. The fourth-order valence-corrected chi connectivity index (χ4v) is 1.71. The Hall–Kier alpha value is -1.69. The van der Waals surface area contributed by atoms with Crippen molar-refractivity contribution in [1.82, 2.24) is 9.97 Å². The Morgan fingerprint density at radius 3 is 3.12 bits per heavy atom. The lowest BCUT2D eigenvalue weighted by Gasteiger charge is -2.09. The zero-order valence-electron chi connectivity index (χ0n) is 9.68. The fourth-order valence-electron chi connectivity index (χ4n) is 1.71. The number of aromatic nitrogens is 2. The molecule has 0 radical (unpaired) electrons. The van der Waals surface area contributed by atoms with Crippen LogP contribution < -0.4 is 5.73 Å². The van der Waals surface area contributed by atoms with Crippen molar-refractivity contribution in [3.05, 3.63) is 17.6 Å². The van der Waals surface area contributed by atoms with E-state index in [4.69, 9.17) is 15.2 Å². The zero-order valence-corrected chi connectivity index (χ0v) is 9.68. The van der Waals surface area contributed by atoms with Gasteiger partial charge in [-0.05, 0) is 13.3 Å². The van der Waals surface area contributed by atoms with Crippen molar-refractivity contribution in [1.29, 1.82) is 0 Å². The van der Waals surface area contributed by atoms with Gasteiger partial charge in [-0.1, -0.05) is 0 Å². The van der Waals surface area contributed by atoms with Crippen LogP contribution >= 0.6 is 0 Å². The summed E-state index contributed by atoms with van der Waals surface area (Å²) < 4.78 is 10.1. The number of esters is 1. The molecule has 1 aromatic rings. The predicted octanol–water partition coefficient (Wildman–Crippen LogP) is 0.739. The zero-order chi connectivity index (χ0) is 12.3. The van der Waals surface area contributed by atoms with Gasteiger partial charge in [0.05, 0.1) is 13.2 Å². The Bertz CT molecular complexity index is 416. The maximum absolute atomic E-state index is 11.5. The van der Waals surface area contributed by atoms with Gasteiger partial charge in [-0.15, -0.1) is 0 Å². The van der Waals surface area contributed by atoms with Crippen molar-refractivity contribution in [3.63, 3.8) is 0 Å². The molecule has 0 amide bonds.